The van der Waals surface area contributed by atoms with Gasteiger partial charge in [0.05, 0.1) is 10.7 Å². The molecule has 0 amide bonds. The number of phenolic OH excluding ortho intramolecular Hbond substituents is 1. The first-order chi connectivity index (χ1) is 12.6. The standard InChI is InChI=1S/C21H16Cl2N2O/c1-14(18-12-17(22)13-19(23)21(18)26)24-25-20(15-8-4-2-5-9-15)16-10-6-3-7-11-16/h2-13,26H,1H3/b24-14+. The minimum absolute atomic E-state index is 0.0616. The predicted molar refractivity (Wildman–Crippen MR) is 109 cm³/mol. The van der Waals surface area contributed by atoms with Gasteiger partial charge in [-0.2, -0.15) is 5.10 Å². The molecule has 0 saturated heterocycles. The van der Waals surface area contributed by atoms with Gasteiger partial charge in [0.15, 0.2) is 0 Å². The molecule has 0 bridgehead atoms. The van der Waals surface area contributed by atoms with Crippen LogP contribution in [0.2, 0.25) is 10.0 Å². The Morgan fingerprint density at radius 3 is 1.88 bits per heavy atom. The third-order valence-corrected chi connectivity index (χ3v) is 4.32. The Bertz CT molecular complexity index is 927. The van der Waals surface area contributed by atoms with Crippen LogP contribution in [0.25, 0.3) is 0 Å². The molecule has 0 saturated carbocycles. The van der Waals surface area contributed by atoms with Gasteiger partial charge in [-0.1, -0.05) is 83.9 Å². The minimum atomic E-state index is -0.0616. The molecule has 0 aliphatic carbocycles. The van der Waals surface area contributed by atoms with E-state index in [1.54, 1.807) is 13.0 Å². The summed E-state index contributed by atoms with van der Waals surface area (Å²) in [6.45, 7) is 1.75. The lowest BCUT2D eigenvalue weighted by Gasteiger charge is -2.07. The molecule has 0 aromatic heterocycles. The summed E-state index contributed by atoms with van der Waals surface area (Å²) in [5.41, 5.74) is 3.59. The van der Waals surface area contributed by atoms with Gasteiger partial charge in [0, 0.05) is 21.7 Å². The topological polar surface area (TPSA) is 45.0 Å². The lowest BCUT2D eigenvalue weighted by molar-refractivity contribution is 0.474. The molecule has 3 rings (SSSR count). The van der Waals surface area contributed by atoms with Crippen molar-refractivity contribution >= 4 is 34.6 Å². The predicted octanol–water partition coefficient (Wildman–Crippen LogP) is 5.96. The molecule has 0 aliphatic heterocycles. The average Bonchev–Trinajstić information content (AvgIpc) is 2.66. The Morgan fingerprint density at radius 2 is 1.35 bits per heavy atom. The van der Waals surface area contributed by atoms with Gasteiger partial charge in [-0.3, -0.25) is 0 Å². The largest absolute Gasteiger partial charge is 0.506 e. The van der Waals surface area contributed by atoms with E-state index in [1.807, 2.05) is 60.7 Å². The van der Waals surface area contributed by atoms with E-state index in [-0.39, 0.29) is 10.8 Å². The quantitative estimate of drug-likeness (QED) is 0.438. The normalized spacial score (nSPS) is 11.3. The average molecular weight is 383 g/mol. The summed E-state index contributed by atoms with van der Waals surface area (Å²) in [5, 5.41) is 19.5. The molecular weight excluding hydrogens is 367 g/mol. The van der Waals surface area contributed by atoms with Crippen LogP contribution in [-0.2, 0) is 0 Å². The van der Waals surface area contributed by atoms with E-state index >= 15 is 0 Å². The van der Waals surface area contributed by atoms with Gasteiger partial charge in [0.25, 0.3) is 0 Å². The zero-order chi connectivity index (χ0) is 18.5. The van der Waals surface area contributed by atoms with E-state index in [0.29, 0.717) is 16.3 Å². The number of rotatable bonds is 4. The number of aromatic hydroxyl groups is 1. The Labute approximate surface area is 162 Å². The summed E-state index contributed by atoms with van der Waals surface area (Å²) >= 11 is 12.0. The van der Waals surface area contributed by atoms with Crippen molar-refractivity contribution in [1.29, 1.82) is 0 Å². The molecular formula is C21H16Cl2N2O. The number of benzene rings is 3. The van der Waals surface area contributed by atoms with Crippen molar-refractivity contribution in [2.24, 2.45) is 10.2 Å². The first-order valence-corrected chi connectivity index (χ1v) is 8.73. The van der Waals surface area contributed by atoms with Gasteiger partial charge in [-0.25, -0.2) is 0 Å². The lowest BCUT2D eigenvalue weighted by Crippen LogP contribution is -2.03. The number of hydrogen-bond acceptors (Lipinski definition) is 3. The second kappa shape index (κ2) is 8.17. The second-order valence-corrected chi connectivity index (χ2v) is 6.49. The highest BCUT2D eigenvalue weighted by atomic mass is 35.5. The van der Waals surface area contributed by atoms with Crippen LogP contribution in [0.1, 0.15) is 23.6 Å². The van der Waals surface area contributed by atoms with Crippen LogP contribution in [0.4, 0.5) is 0 Å². The molecule has 3 nitrogen and oxygen atoms in total. The molecule has 0 aliphatic rings. The first-order valence-electron chi connectivity index (χ1n) is 7.97. The highest BCUT2D eigenvalue weighted by molar-refractivity contribution is 6.36. The lowest BCUT2D eigenvalue weighted by atomic mass is 10.0. The zero-order valence-electron chi connectivity index (χ0n) is 14.0. The maximum Gasteiger partial charge on any atom is 0.143 e. The van der Waals surface area contributed by atoms with Crippen molar-refractivity contribution in [3.05, 3.63) is 99.5 Å². The highest BCUT2D eigenvalue weighted by Gasteiger charge is 2.11. The molecule has 0 atom stereocenters. The maximum atomic E-state index is 10.2. The fourth-order valence-corrected chi connectivity index (χ4v) is 2.99. The SMILES string of the molecule is C/C(=N\N=C(c1ccccc1)c1ccccc1)c1cc(Cl)cc(Cl)c1O. The van der Waals surface area contributed by atoms with Crippen LogP contribution in [0.15, 0.2) is 83.0 Å². The summed E-state index contributed by atoms with van der Waals surface area (Å²) in [7, 11) is 0. The van der Waals surface area contributed by atoms with Crippen molar-refractivity contribution in [2.45, 2.75) is 6.92 Å². The number of halogens is 2. The Kier molecular flexibility index (Phi) is 5.71. The molecule has 130 valence electrons. The summed E-state index contributed by atoms with van der Waals surface area (Å²) in [4.78, 5) is 0. The van der Waals surface area contributed by atoms with E-state index in [1.165, 1.54) is 6.07 Å². The molecule has 0 fully saturated rings. The first kappa shape index (κ1) is 18.2. The van der Waals surface area contributed by atoms with Crippen LogP contribution in [0, 0.1) is 0 Å². The molecule has 0 radical (unpaired) electrons. The van der Waals surface area contributed by atoms with E-state index in [0.717, 1.165) is 16.8 Å². The van der Waals surface area contributed by atoms with E-state index < -0.39 is 0 Å². The summed E-state index contributed by atoms with van der Waals surface area (Å²) < 4.78 is 0. The number of nitrogens with zero attached hydrogens (tertiary/aromatic N) is 2. The van der Waals surface area contributed by atoms with Crippen LogP contribution in [0.5, 0.6) is 5.75 Å². The molecule has 5 heteroatoms. The van der Waals surface area contributed by atoms with Crippen LogP contribution < -0.4 is 0 Å². The monoisotopic (exact) mass is 382 g/mol. The van der Waals surface area contributed by atoms with Gasteiger partial charge < -0.3 is 5.11 Å². The fourth-order valence-electron chi connectivity index (χ4n) is 2.49. The molecule has 26 heavy (non-hydrogen) atoms. The van der Waals surface area contributed by atoms with Gasteiger partial charge in [0.1, 0.15) is 11.5 Å². The molecule has 0 heterocycles. The van der Waals surface area contributed by atoms with E-state index in [4.69, 9.17) is 23.2 Å². The Morgan fingerprint density at radius 1 is 0.808 bits per heavy atom. The smallest absolute Gasteiger partial charge is 0.143 e. The van der Waals surface area contributed by atoms with Crippen molar-refractivity contribution in [2.75, 3.05) is 0 Å². The summed E-state index contributed by atoms with van der Waals surface area (Å²) in [5.74, 6) is -0.0616. The second-order valence-electron chi connectivity index (χ2n) is 5.65. The van der Waals surface area contributed by atoms with Gasteiger partial charge in [-0.15, -0.1) is 5.10 Å². The highest BCUT2D eigenvalue weighted by Crippen LogP contribution is 2.31. The third-order valence-electron chi connectivity index (χ3n) is 3.81. The van der Waals surface area contributed by atoms with Crippen molar-refractivity contribution in [1.82, 2.24) is 0 Å². The van der Waals surface area contributed by atoms with Gasteiger partial charge in [-0.05, 0) is 19.1 Å². The van der Waals surface area contributed by atoms with Gasteiger partial charge >= 0.3 is 0 Å². The molecule has 3 aromatic rings. The molecule has 3 aromatic carbocycles. The van der Waals surface area contributed by atoms with Crippen LogP contribution >= 0.6 is 23.2 Å². The molecule has 0 unspecified atom stereocenters. The van der Waals surface area contributed by atoms with Gasteiger partial charge in [0.2, 0.25) is 0 Å². The number of hydrogen-bond donors (Lipinski definition) is 1. The van der Waals surface area contributed by atoms with Crippen LogP contribution in [-0.4, -0.2) is 16.5 Å². The minimum Gasteiger partial charge on any atom is -0.506 e. The van der Waals surface area contributed by atoms with Crippen LogP contribution in [0.3, 0.4) is 0 Å². The van der Waals surface area contributed by atoms with E-state index in [2.05, 4.69) is 10.2 Å². The molecule has 0 spiro atoms. The summed E-state index contributed by atoms with van der Waals surface area (Å²) in [6, 6.07) is 22.7. The third kappa shape index (κ3) is 4.13. The maximum absolute atomic E-state index is 10.2. The van der Waals surface area contributed by atoms with Crippen molar-refractivity contribution < 1.29 is 5.11 Å². The molecule has 1 N–H and O–H groups in total. The van der Waals surface area contributed by atoms with E-state index in [9.17, 15) is 5.11 Å². The Balaban J connectivity index is 2.08. The summed E-state index contributed by atoms with van der Waals surface area (Å²) in [6.07, 6.45) is 0. The van der Waals surface area contributed by atoms with Crippen molar-refractivity contribution in [3.63, 3.8) is 0 Å². The Hall–Kier alpha value is -2.62. The van der Waals surface area contributed by atoms with Crippen molar-refractivity contribution in [3.8, 4) is 5.75 Å². The number of phenols is 1. The fraction of sp³-hybridized carbons (Fsp3) is 0.0476. The zero-order valence-corrected chi connectivity index (χ0v) is 15.5.